The van der Waals surface area contributed by atoms with E-state index in [1.807, 2.05) is 42.2 Å². The molecule has 1 aliphatic rings. The molecule has 9 heteroatoms. The molecule has 1 aliphatic heterocycles. The molecular weight excluding hydrogens is 428 g/mol. The number of hydrogen-bond donors (Lipinski definition) is 1. The Bertz CT molecular complexity index is 1070. The van der Waals surface area contributed by atoms with Crippen LogP contribution in [0.2, 0.25) is 0 Å². The molecule has 2 aromatic rings. The SMILES string of the molecule is COc1ccccc1/C=C\C=N/NC(=O)CN1CCN(S(=O)(=O)c2ccc(C)cc2)CC1. The number of amides is 1. The summed E-state index contributed by atoms with van der Waals surface area (Å²) >= 11 is 0. The van der Waals surface area contributed by atoms with E-state index in [0.717, 1.165) is 16.9 Å². The zero-order valence-electron chi connectivity index (χ0n) is 18.3. The smallest absolute Gasteiger partial charge is 0.254 e. The Morgan fingerprint density at radius 1 is 1.09 bits per heavy atom. The fraction of sp³-hybridized carbons (Fsp3) is 0.304. The fourth-order valence-electron chi connectivity index (χ4n) is 3.33. The van der Waals surface area contributed by atoms with Crippen molar-refractivity contribution in [3.8, 4) is 5.75 Å². The van der Waals surface area contributed by atoms with E-state index >= 15 is 0 Å². The Morgan fingerprint density at radius 2 is 1.78 bits per heavy atom. The lowest BCUT2D eigenvalue weighted by Gasteiger charge is -2.33. The maximum absolute atomic E-state index is 12.8. The van der Waals surface area contributed by atoms with Crippen LogP contribution >= 0.6 is 0 Å². The minimum atomic E-state index is -3.51. The summed E-state index contributed by atoms with van der Waals surface area (Å²) in [4.78, 5) is 14.3. The maximum atomic E-state index is 12.8. The number of piperazine rings is 1. The largest absolute Gasteiger partial charge is 0.496 e. The number of hydrazone groups is 1. The van der Waals surface area contributed by atoms with Crippen LogP contribution in [-0.4, -0.2) is 69.6 Å². The number of nitrogens with one attached hydrogen (secondary N) is 1. The van der Waals surface area contributed by atoms with Crippen molar-refractivity contribution < 1.29 is 17.9 Å². The predicted molar refractivity (Wildman–Crippen MR) is 125 cm³/mol. The molecule has 0 bridgehead atoms. The van der Waals surface area contributed by atoms with E-state index in [9.17, 15) is 13.2 Å². The lowest BCUT2D eigenvalue weighted by atomic mass is 10.2. The van der Waals surface area contributed by atoms with Crippen molar-refractivity contribution in [2.24, 2.45) is 5.10 Å². The van der Waals surface area contributed by atoms with Gasteiger partial charge in [-0.2, -0.15) is 9.41 Å². The van der Waals surface area contributed by atoms with E-state index in [-0.39, 0.29) is 12.5 Å². The molecule has 0 unspecified atom stereocenters. The number of nitrogens with zero attached hydrogens (tertiary/aromatic N) is 3. The van der Waals surface area contributed by atoms with E-state index in [0.29, 0.717) is 31.1 Å². The second kappa shape index (κ2) is 11.0. The highest BCUT2D eigenvalue weighted by atomic mass is 32.2. The third-order valence-electron chi connectivity index (χ3n) is 5.12. The number of sulfonamides is 1. The molecule has 0 spiro atoms. The average Bonchev–Trinajstić information content (AvgIpc) is 2.80. The maximum Gasteiger partial charge on any atom is 0.254 e. The first-order chi connectivity index (χ1) is 15.4. The summed E-state index contributed by atoms with van der Waals surface area (Å²) in [6.45, 7) is 3.72. The topological polar surface area (TPSA) is 91.3 Å². The third-order valence-corrected chi connectivity index (χ3v) is 7.03. The summed E-state index contributed by atoms with van der Waals surface area (Å²) < 4.78 is 32.3. The molecule has 0 aromatic heterocycles. The second-order valence-electron chi connectivity index (χ2n) is 7.41. The fourth-order valence-corrected chi connectivity index (χ4v) is 4.75. The molecule has 1 heterocycles. The van der Waals surface area contributed by atoms with Crippen LogP contribution in [0.4, 0.5) is 0 Å². The highest BCUT2D eigenvalue weighted by Gasteiger charge is 2.28. The molecule has 2 aromatic carbocycles. The number of carbonyl (C=O) groups excluding carboxylic acids is 1. The molecule has 1 fully saturated rings. The lowest BCUT2D eigenvalue weighted by molar-refractivity contribution is -0.122. The summed E-state index contributed by atoms with van der Waals surface area (Å²) in [5.74, 6) is 0.506. The number of benzene rings is 2. The van der Waals surface area contributed by atoms with E-state index < -0.39 is 10.0 Å². The molecule has 32 heavy (non-hydrogen) atoms. The van der Waals surface area contributed by atoms with Crippen molar-refractivity contribution in [1.29, 1.82) is 0 Å². The van der Waals surface area contributed by atoms with E-state index in [1.54, 1.807) is 37.5 Å². The number of ether oxygens (including phenoxy) is 1. The van der Waals surface area contributed by atoms with Crippen molar-refractivity contribution in [3.63, 3.8) is 0 Å². The normalized spacial score (nSPS) is 15.9. The summed E-state index contributed by atoms with van der Waals surface area (Å²) in [5.41, 5.74) is 4.41. The van der Waals surface area contributed by atoms with Crippen LogP contribution in [0.15, 0.2) is 64.6 Å². The Morgan fingerprint density at radius 3 is 2.47 bits per heavy atom. The number of rotatable bonds is 8. The minimum Gasteiger partial charge on any atom is -0.496 e. The van der Waals surface area contributed by atoms with Gasteiger partial charge in [0.15, 0.2) is 0 Å². The molecular formula is C23H28N4O4S. The van der Waals surface area contributed by atoms with Crippen LogP contribution in [0, 0.1) is 6.92 Å². The van der Waals surface area contributed by atoms with Gasteiger partial charge in [-0.25, -0.2) is 13.8 Å². The number of allylic oxidation sites excluding steroid dienone is 1. The number of para-hydroxylation sites is 1. The lowest BCUT2D eigenvalue weighted by Crippen LogP contribution is -2.50. The predicted octanol–water partition coefficient (Wildman–Crippen LogP) is 2.13. The van der Waals surface area contributed by atoms with Gasteiger partial charge in [-0.1, -0.05) is 35.9 Å². The first-order valence-electron chi connectivity index (χ1n) is 10.3. The molecule has 0 aliphatic carbocycles. The van der Waals surface area contributed by atoms with Crippen LogP contribution in [0.1, 0.15) is 11.1 Å². The van der Waals surface area contributed by atoms with Crippen molar-refractivity contribution in [2.75, 3.05) is 39.8 Å². The van der Waals surface area contributed by atoms with Crippen molar-refractivity contribution in [1.82, 2.24) is 14.6 Å². The Labute approximate surface area is 189 Å². The summed E-state index contributed by atoms with van der Waals surface area (Å²) in [5, 5.41) is 3.92. The van der Waals surface area contributed by atoms with Crippen LogP contribution in [0.5, 0.6) is 5.75 Å². The van der Waals surface area contributed by atoms with Crippen molar-refractivity contribution in [2.45, 2.75) is 11.8 Å². The first kappa shape index (κ1) is 23.6. The second-order valence-corrected chi connectivity index (χ2v) is 9.35. The third kappa shape index (κ3) is 6.25. The monoisotopic (exact) mass is 456 g/mol. The molecule has 0 atom stereocenters. The Balaban J connectivity index is 1.44. The van der Waals surface area contributed by atoms with E-state index in [4.69, 9.17) is 4.74 Å². The van der Waals surface area contributed by atoms with Crippen LogP contribution < -0.4 is 10.2 Å². The number of methoxy groups -OCH3 is 1. The summed E-state index contributed by atoms with van der Waals surface area (Å²) in [7, 11) is -1.90. The number of aryl methyl sites for hydroxylation is 1. The quantitative estimate of drug-likeness (QED) is 0.485. The molecule has 8 nitrogen and oxygen atoms in total. The van der Waals surface area contributed by atoms with Gasteiger partial charge in [0, 0.05) is 38.0 Å². The van der Waals surface area contributed by atoms with Gasteiger partial charge in [-0.05, 0) is 37.3 Å². The van der Waals surface area contributed by atoms with Gasteiger partial charge in [0.05, 0.1) is 18.6 Å². The molecule has 0 radical (unpaired) electrons. The van der Waals surface area contributed by atoms with Gasteiger partial charge in [-0.3, -0.25) is 9.69 Å². The molecule has 0 saturated carbocycles. The zero-order chi connectivity index (χ0) is 23.0. The van der Waals surface area contributed by atoms with Crippen LogP contribution in [-0.2, 0) is 14.8 Å². The first-order valence-corrected chi connectivity index (χ1v) is 11.7. The van der Waals surface area contributed by atoms with E-state index in [1.165, 1.54) is 10.5 Å². The Kier molecular flexibility index (Phi) is 8.15. The van der Waals surface area contributed by atoms with Gasteiger partial charge in [-0.15, -0.1) is 0 Å². The molecule has 1 N–H and O–H groups in total. The van der Waals surface area contributed by atoms with E-state index in [2.05, 4.69) is 10.5 Å². The van der Waals surface area contributed by atoms with Crippen molar-refractivity contribution in [3.05, 3.63) is 65.7 Å². The summed E-state index contributed by atoms with van der Waals surface area (Å²) in [6, 6.07) is 14.4. The molecule has 3 rings (SSSR count). The van der Waals surface area contributed by atoms with Gasteiger partial charge in [0.1, 0.15) is 5.75 Å². The summed E-state index contributed by atoms with van der Waals surface area (Å²) in [6.07, 6.45) is 5.05. The standard InChI is InChI=1S/C23H28N4O4S/c1-19-9-11-21(12-10-19)32(29,30)27-16-14-26(15-17-27)18-23(28)25-24-13-5-7-20-6-3-4-8-22(20)31-2/h3-13H,14-18H2,1-2H3,(H,25,28)/b7-5-,24-13-. The van der Waals surface area contributed by atoms with Gasteiger partial charge in [0.25, 0.3) is 5.91 Å². The average molecular weight is 457 g/mol. The number of carbonyl (C=O) groups is 1. The highest BCUT2D eigenvalue weighted by molar-refractivity contribution is 7.89. The van der Waals surface area contributed by atoms with Crippen molar-refractivity contribution >= 4 is 28.2 Å². The molecule has 1 saturated heterocycles. The number of hydrogen-bond acceptors (Lipinski definition) is 6. The Hall–Kier alpha value is -3.01. The zero-order valence-corrected chi connectivity index (χ0v) is 19.1. The van der Waals surface area contributed by atoms with Gasteiger partial charge < -0.3 is 4.74 Å². The minimum absolute atomic E-state index is 0.159. The molecule has 1 amide bonds. The van der Waals surface area contributed by atoms with Gasteiger partial charge >= 0.3 is 0 Å². The van der Waals surface area contributed by atoms with Crippen LogP contribution in [0.25, 0.3) is 6.08 Å². The highest BCUT2D eigenvalue weighted by Crippen LogP contribution is 2.19. The molecule has 170 valence electrons. The van der Waals surface area contributed by atoms with Crippen LogP contribution in [0.3, 0.4) is 0 Å². The van der Waals surface area contributed by atoms with Gasteiger partial charge in [0.2, 0.25) is 10.0 Å².